The first-order chi connectivity index (χ1) is 9.00. The Kier molecular flexibility index (Phi) is 5.80. The van der Waals surface area contributed by atoms with Crippen molar-refractivity contribution < 1.29 is 28.2 Å². The Bertz CT molecular complexity index is 454. The molecule has 0 fully saturated rings. The smallest absolute Gasteiger partial charge is 0.356 e. The van der Waals surface area contributed by atoms with Crippen molar-refractivity contribution in [1.29, 1.82) is 0 Å². The summed E-state index contributed by atoms with van der Waals surface area (Å²) < 4.78 is 28.0. The molecule has 1 heterocycles. The van der Waals surface area contributed by atoms with Gasteiger partial charge in [0.15, 0.2) is 5.69 Å². The third kappa shape index (κ3) is 5.38. The molecule has 0 aliphatic rings. The lowest BCUT2D eigenvalue weighted by Gasteiger charge is -2.07. The molecule has 0 bridgehead atoms. The van der Waals surface area contributed by atoms with Gasteiger partial charge in [0.25, 0.3) is 6.43 Å². The first-order valence-electron chi connectivity index (χ1n) is 5.34. The largest absolute Gasteiger partial charge is 0.476 e. The molecule has 1 rings (SSSR count). The summed E-state index contributed by atoms with van der Waals surface area (Å²) in [6.07, 6.45) is -1.45. The minimum atomic E-state index is -2.58. The first-order valence-corrected chi connectivity index (χ1v) is 5.34. The van der Waals surface area contributed by atoms with Crippen LogP contribution in [0.4, 0.5) is 14.5 Å². The number of rotatable bonds is 7. The van der Waals surface area contributed by atoms with Crippen LogP contribution in [-0.4, -0.2) is 41.6 Å². The van der Waals surface area contributed by atoms with Gasteiger partial charge in [-0.25, -0.2) is 18.6 Å². The van der Waals surface area contributed by atoms with Crippen LogP contribution in [-0.2, 0) is 9.53 Å². The van der Waals surface area contributed by atoms with Gasteiger partial charge >= 0.3 is 5.97 Å². The highest BCUT2D eigenvalue weighted by Gasteiger charge is 2.13. The highest BCUT2D eigenvalue weighted by molar-refractivity contribution is 5.98. The van der Waals surface area contributed by atoms with E-state index in [1.807, 2.05) is 0 Å². The number of alkyl halides is 2. The Balaban J connectivity index is 2.46. The molecular formula is C11H12F2N2O4. The van der Waals surface area contributed by atoms with Gasteiger partial charge in [0.2, 0.25) is 5.91 Å². The van der Waals surface area contributed by atoms with Crippen LogP contribution in [0.1, 0.15) is 16.9 Å². The predicted octanol–water partition coefficient (Wildman–Crippen LogP) is 1.39. The molecule has 0 aliphatic carbocycles. The summed E-state index contributed by atoms with van der Waals surface area (Å²) in [4.78, 5) is 25.9. The second-order valence-electron chi connectivity index (χ2n) is 3.47. The molecule has 1 aromatic heterocycles. The first kappa shape index (κ1) is 15.0. The van der Waals surface area contributed by atoms with Crippen LogP contribution in [0.15, 0.2) is 18.3 Å². The minimum Gasteiger partial charge on any atom is -0.476 e. The fraction of sp³-hybridized carbons (Fsp3) is 0.364. The quantitative estimate of drug-likeness (QED) is 0.733. The van der Waals surface area contributed by atoms with E-state index in [4.69, 9.17) is 5.11 Å². The number of hydrogen-bond acceptors (Lipinski definition) is 4. The van der Waals surface area contributed by atoms with Gasteiger partial charge in [-0.2, -0.15) is 0 Å². The molecule has 0 saturated heterocycles. The SMILES string of the molecule is O=C(CCOCC(F)F)Nc1cccnc1C(=O)O. The van der Waals surface area contributed by atoms with E-state index in [-0.39, 0.29) is 24.4 Å². The Morgan fingerprint density at radius 2 is 2.21 bits per heavy atom. The van der Waals surface area contributed by atoms with Crippen LogP contribution in [0.3, 0.4) is 0 Å². The highest BCUT2D eigenvalue weighted by Crippen LogP contribution is 2.12. The van der Waals surface area contributed by atoms with E-state index in [9.17, 15) is 18.4 Å². The molecule has 0 radical (unpaired) electrons. The van der Waals surface area contributed by atoms with Gasteiger partial charge in [-0.05, 0) is 12.1 Å². The van der Waals surface area contributed by atoms with E-state index in [0.29, 0.717) is 0 Å². The number of amides is 1. The van der Waals surface area contributed by atoms with Gasteiger partial charge in [-0.1, -0.05) is 0 Å². The number of hydrogen-bond donors (Lipinski definition) is 2. The van der Waals surface area contributed by atoms with Crippen molar-refractivity contribution in [2.75, 3.05) is 18.5 Å². The molecule has 19 heavy (non-hydrogen) atoms. The minimum absolute atomic E-state index is 0.0499. The number of carbonyl (C=O) groups excluding carboxylic acids is 1. The molecule has 0 atom stereocenters. The maximum atomic E-state index is 11.7. The summed E-state index contributed by atoms with van der Waals surface area (Å²) in [6.45, 7) is -0.903. The van der Waals surface area contributed by atoms with Crippen molar-refractivity contribution in [3.63, 3.8) is 0 Å². The third-order valence-electron chi connectivity index (χ3n) is 2.00. The van der Waals surface area contributed by atoms with E-state index in [1.165, 1.54) is 18.3 Å². The van der Waals surface area contributed by atoms with Crippen molar-refractivity contribution >= 4 is 17.6 Å². The maximum Gasteiger partial charge on any atom is 0.356 e. The van der Waals surface area contributed by atoms with Crippen molar-refractivity contribution in [2.24, 2.45) is 0 Å². The molecule has 8 heteroatoms. The average molecular weight is 274 g/mol. The number of carboxylic acid groups (broad SMARTS) is 1. The van der Waals surface area contributed by atoms with Crippen LogP contribution in [0, 0.1) is 0 Å². The molecule has 0 aliphatic heterocycles. The third-order valence-corrected chi connectivity index (χ3v) is 2.00. The van der Waals surface area contributed by atoms with Crippen molar-refractivity contribution in [1.82, 2.24) is 4.98 Å². The van der Waals surface area contributed by atoms with Crippen LogP contribution in [0.5, 0.6) is 0 Å². The number of nitrogens with one attached hydrogen (secondary N) is 1. The fourth-order valence-electron chi connectivity index (χ4n) is 1.23. The van der Waals surface area contributed by atoms with E-state index in [2.05, 4.69) is 15.0 Å². The van der Waals surface area contributed by atoms with Crippen molar-refractivity contribution in [2.45, 2.75) is 12.8 Å². The number of carbonyl (C=O) groups is 2. The summed E-state index contributed by atoms with van der Waals surface area (Å²) in [7, 11) is 0. The van der Waals surface area contributed by atoms with E-state index in [0.717, 1.165) is 0 Å². The number of aromatic carboxylic acids is 1. The second kappa shape index (κ2) is 7.37. The summed E-state index contributed by atoms with van der Waals surface area (Å²) in [6, 6.07) is 2.85. The molecule has 6 nitrogen and oxygen atoms in total. The van der Waals surface area contributed by atoms with Gasteiger partial charge in [-0.3, -0.25) is 4.79 Å². The molecular weight excluding hydrogens is 262 g/mol. The van der Waals surface area contributed by atoms with Gasteiger partial charge in [-0.15, -0.1) is 0 Å². The number of ether oxygens (including phenoxy) is 1. The summed E-state index contributed by atoms with van der Waals surface area (Å²) in [5.41, 5.74) is -0.238. The van der Waals surface area contributed by atoms with Gasteiger partial charge < -0.3 is 15.2 Å². The Labute approximate surface area is 107 Å². The second-order valence-corrected chi connectivity index (χ2v) is 3.47. The normalized spacial score (nSPS) is 10.5. The molecule has 104 valence electrons. The number of pyridine rings is 1. The van der Waals surface area contributed by atoms with Crippen molar-refractivity contribution in [3.8, 4) is 0 Å². The zero-order chi connectivity index (χ0) is 14.3. The predicted molar refractivity (Wildman–Crippen MR) is 61.3 cm³/mol. The van der Waals surface area contributed by atoms with Gasteiger partial charge in [0.1, 0.15) is 6.61 Å². The van der Waals surface area contributed by atoms with Gasteiger partial charge in [0, 0.05) is 6.20 Å². The van der Waals surface area contributed by atoms with Crippen LogP contribution < -0.4 is 5.32 Å². The molecule has 0 aromatic carbocycles. The Morgan fingerprint density at radius 3 is 2.84 bits per heavy atom. The molecule has 0 spiro atoms. The van der Waals surface area contributed by atoms with E-state index < -0.39 is 24.9 Å². The van der Waals surface area contributed by atoms with Gasteiger partial charge in [0.05, 0.1) is 18.7 Å². The Hall–Kier alpha value is -2.09. The molecule has 0 unspecified atom stereocenters. The van der Waals surface area contributed by atoms with Crippen LogP contribution in [0.2, 0.25) is 0 Å². The number of aromatic nitrogens is 1. The zero-order valence-corrected chi connectivity index (χ0v) is 9.81. The summed E-state index contributed by atoms with van der Waals surface area (Å²) >= 11 is 0. The maximum absolute atomic E-state index is 11.7. The van der Waals surface area contributed by atoms with E-state index in [1.54, 1.807) is 0 Å². The number of nitrogens with zero attached hydrogens (tertiary/aromatic N) is 1. The van der Waals surface area contributed by atoms with E-state index >= 15 is 0 Å². The lowest BCUT2D eigenvalue weighted by molar-refractivity contribution is -0.117. The summed E-state index contributed by atoms with van der Waals surface area (Å²) in [5, 5.41) is 11.2. The standard InChI is InChI=1S/C11H12F2N2O4/c12-8(13)6-19-5-3-9(16)15-7-2-1-4-14-10(7)11(17)18/h1-2,4,8H,3,5-6H2,(H,15,16)(H,17,18). The lowest BCUT2D eigenvalue weighted by atomic mass is 10.3. The molecule has 1 aromatic rings. The summed E-state index contributed by atoms with van der Waals surface area (Å²) in [5.74, 6) is -1.81. The molecule has 0 saturated carbocycles. The number of anilines is 1. The lowest BCUT2D eigenvalue weighted by Crippen LogP contribution is -2.18. The Morgan fingerprint density at radius 1 is 1.47 bits per heavy atom. The molecule has 1 amide bonds. The van der Waals surface area contributed by atoms with Crippen LogP contribution in [0.25, 0.3) is 0 Å². The zero-order valence-electron chi connectivity index (χ0n) is 9.81. The van der Waals surface area contributed by atoms with Crippen LogP contribution >= 0.6 is 0 Å². The number of carboxylic acids is 1. The molecule has 2 N–H and O–H groups in total. The fourth-order valence-corrected chi connectivity index (χ4v) is 1.23. The van der Waals surface area contributed by atoms with Crippen molar-refractivity contribution in [3.05, 3.63) is 24.0 Å². The average Bonchev–Trinajstić information content (AvgIpc) is 2.35. The highest BCUT2D eigenvalue weighted by atomic mass is 19.3. The topological polar surface area (TPSA) is 88.5 Å². The monoisotopic (exact) mass is 274 g/mol. The number of halogens is 2.